The fourth-order valence-corrected chi connectivity index (χ4v) is 1.91. The molecule has 2 N–H and O–H groups in total. The van der Waals surface area contributed by atoms with Crippen molar-refractivity contribution in [3.05, 3.63) is 29.6 Å². The Kier molecular flexibility index (Phi) is 3.49. The van der Waals surface area contributed by atoms with Gasteiger partial charge in [0.05, 0.1) is 0 Å². The molecule has 1 atom stereocenters. The quantitative estimate of drug-likeness (QED) is 0.838. The van der Waals surface area contributed by atoms with Crippen molar-refractivity contribution in [2.24, 2.45) is 11.7 Å². The van der Waals surface area contributed by atoms with Crippen LogP contribution < -0.4 is 5.73 Å². The van der Waals surface area contributed by atoms with Gasteiger partial charge in [0.1, 0.15) is 5.69 Å². The van der Waals surface area contributed by atoms with Crippen LogP contribution in [0.15, 0.2) is 18.3 Å². The van der Waals surface area contributed by atoms with Crippen molar-refractivity contribution in [3.63, 3.8) is 0 Å². The van der Waals surface area contributed by atoms with Crippen molar-refractivity contribution in [1.29, 1.82) is 0 Å². The van der Waals surface area contributed by atoms with Crippen molar-refractivity contribution in [1.82, 2.24) is 4.98 Å². The lowest BCUT2D eigenvalue weighted by atomic mass is 9.95. The van der Waals surface area contributed by atoms with Crippen LogP contribution in [-0.2, 0) is 0 Å². The van der Waals surface area contributed by atoms with Crippen molar-refractivity contribution in [2.75, 3.05) is 6.54 Å². The first-order chi connectivity index (χ1) is 7.70. The predicted molar refractivity (Wildman–Crippen MR) is 58.3 cm³/mol. The SMILES string of the molecule is NCC(CC1CC1)c1ccc(C(F)F)nc1. The molecule has 1 aliphatic rings. The normalized spacial score (nSPS) is 17.8. The zero-order chi connectivity index (χ0) is 11.5. The van der Waals surface area contributed by atoms with Crippen LogP contribution >= 0.6 is 0 Å². The van der Waals surface area contributed by atoms with Gasteiger partial charge in [-0.25, -0.2) is 8.78 Å². The first kappa shape index (κ1) is 11.5. The summed E-state index contributed by atoms with van der Waals surface area (Å²) < 4.78 is 24.6. The van der Waals surface area contributed by atoms with Gasteiger partial charge in [-0.2, -0.15) is 0 Å². The Morgan fingerprint density at radius 1 is 1.38 bits per heavy atom. The molecule has 1 aliphatic carbocycles. The zero-order valence-electron chi connectivity index (χ0n) is 9.07. The number of halogens is 2. The molecule has 1 unspecified atom stereocenters. The van der Waals surface area contributed by atoms with Gasteiger partial charge in [-0.1, -0.05) is 18.9 Å². The van der Waals surface area contributed by atoms with Gasteiger partial charge in [-0.15, -0.1) is 0 Å². The highest BCUT2D eigenvalue weighted by molar-refractivity contribution is 5.19. The van der Waals surface area contributed by atoms with Crippen molar-refractivity contribution >= 4 is 0 Å². The zero-order valence-corrected chi connectivity index (χ0v) is 9.07. The fourth-order valence-electron chi connectivity index (χ4n) is 1.91. The Morgan fingerprint density at radius 2 is 2.12 bits per heavy atom. The second kappa shape index (κ2) is 4.87. The molecule has 0 amide bonds. The molecule has 0 saturated heterocycles. The lowest BCUT2D eigenvalue weighted by Gasteiger charge is -2.14. The van der Waals surface area contributed by atoms with Gasteiger partial charge in [-0.3, -0.25) is 4.98 Å². The second-order valence-electron chi connectivity index (χ2n) is 4.43. The third-order valence-electron chi connectivity index (χ3n) is 3.10. The first-order valence-electron chi connectivity index (χ1n) is 5.64. The molecule has 0 aliphatic heterocycles. The van der Waals surface area contributed by atoms with E-state index >= 15 is 0 Å². The van der Waals surface area contributed by atoms with Gasteiger partial charge in [0, 0.05) is 6.20 Å². The summed E-state index contributed by atoms with van der Waals surface area (Å²) in [5.74, 6) is 1.05. The Balaban J connectivity index is 2.05. The van der Waals surface area contributed by atoms with Gasteiger partial charge in [-0.05, 0) is 36.4 Å². The maximum absolute atomic E-state index is 12.3. The van der Waals surface area contributed by atoms with Crippen LogP contribution in [0.3, 0.4) is 0 Å². The molecular weight excluding hydrogens is 210 g/mol. The number of rotatable bonds is 5. The van der Waals surface area contributed by atoms with Crippen molar-refractivity contribution < 1.29 is 8.78 Å². The average Bonchev–Trinajstić information content (AvgIpc) is 3.10. The minimum atomic E-state index is -2.49. The van der Waals surface area contributed by atoms with Crippen molar-refractivity contribution in [3.8, 4) is 0 Å². The molecule has 88 valence electrons. The summed E-state index contributed by atoms with van der Waals surface area (Å²) in [5.41, 5.74) is 6.53. The molecule has 0 radical (unpaired) electrons. The third kappa shape index (κ3) is 2.76. The number of nitrogens with zero attached hydrogens (tertiary/aromatic N) is 1. The number of hydrogen-bond acceptors (Lipinski definition) is 2. The summed E-state index contributed by atoms with van der Waals surface area (Å²) >= 11 is 0. The van der Waals surface area contributed by atoms with Gasteiger partial charge in [0.2, 0.25) is 0 Å². The van der Waals surface area contributed by atoms with Gasteiger partial charge < -0.3 is 5.73 Å². The largest absolute Gasteiger partial charge is 0.330 e. The average molecular weight is 226 g/mol. The molecule has 4 heteroatoms. The Hall–Kier alpha value is -1.03. The lowest BCUT2D eigenvalue weighted by molar-refractivity contribution is 0.146. The fraction of sp³-hybridized carbons (Fsp3) is 0.583. The standard InChI is InChI=1S/C12H16F2N2/c13-12(14)11-4-3-9(7-16-11)10(6-15)5-8-1-2-8/h3-4,7-8,10,12H,1-2,5-6,15H2. The molecule has 2 nitrogen and oxygen atoms in total. The van der Waals surface area contributed by atoms with E-state index in [1.54, 1.807) is 12.3 Å². The summed E-state index contributed by atoms with van der Waals surface area (Å²) in [4.78, 5) is 3.77. The Bertz CT molecular complexity index is 333. The van der Waals surface area contributed by atoms with Gasteiger partial charge in [0.25, 0.3) is 6.43 Å². The topological polar surface area (TPSA) is 38.9 Å². The van der Waals surface area contributed by atoms with Crippen LogP contribution in [0.1, 0.15) is 42.9 Å². The van der Waals surface area contributed by atoms with Crippen LogP contribution in [0.5, 0.6) is 0 Å². The molecule has 2 rings (SSSR count). The molecule has 1 heterocycles. The number of hydrogen-bond donors (Lipinski definition) is 1. The minimum absolute atomic E-state index is 0.161. The second-order valence-corrected chi connectivity index (χ2v) is 4.43. The first-order valence-corrected chi connectivity index (χ1v) is 5.64. The predicted octanol–water partition coefficient (Wildman–Crippen LogP) is 2.86. The van der Waals surface area contributed by atoms with E-state index in [0.717, 1.165) is 17.9 Å². The molecule has 16 heavy (non-hydrogen) atoms. The van der Waals surface area contributed by atoms with E-state index in [2.05, 4.69) is 4.98 Å². The molecule has 0 bridgehead atoms. The number of aromatic nitrogens is 1. The highest BCUT2D eigenvalue weighted by atomic mass is 19.3. The Labute approximate surface area is 93.9 Å². The van der Waals surface area contributed by atoms with E-state index < -0.39 is 6.43 Å². The van der Waals surface area contributed by atoms with Crippen LogP contribution in [0.4, 0.5) is 8.78 Å². The third-order valence-corrected chi connectivity index (χ3v) is 3.10. The van der Waals surface area contributed by atoms with E-state index in [9.17, 15) is 8.78 Å². The number of nitrogens with two attached hydrogens (primary N) is 1. The number of pyridine rings is 1. The van der Waals surface area contributed by atoms with Gasteiger partial charge in [0.15, 0.2) is 0 Å². The lowest BCUT2D eigenvalue weighted by Crippen LogP contribution is -2.13. The van der Waals surface area contributed by atoms with E-state index in [-0.39, 0.29) is 11.6 Å². The summed E-state index contributed by atoms with van der Waals surface area (Å²) in [6, 6.07) is 3.13. The van der Waals surface area contributed by atoms with Crippen LogP contribution in [0.2, 0.25) is 0 Å². The van der Waals surface area contributed by atoms with Crippen LogP contribution in [0, 0.1) is 5.92 Å². The highest BCUT2D eigenvalue weighted by Gasteiger charge is 2.25. The highest BCUT2D eigenvalue weighted by Crippen LogP contribution is 2.38. The summed E-state index contributed by atoms with van der Waals surface area (Å²) in [6.45, 7) is 0.562. The molecule has 1 aromatic rings. The maximum atomic E-state index is 12.3. The smallest absolute Gasteiger partial charge is 0.280 e. The van der Waals surface area contributed by atoms with E-state index in [1.165, 1.54) is 18.9 Å². The minimum Gasteiger partial charge on any atom is -0.330 e. The van der Waals surface area contributed by atoms with Crippen LogP contribution in [0.25, 0.3) is 0 Å². The monoisotopic (exact) mass is 226 g/mol. The molecule has 1 fully saturated rings. The molecule has 1 aromatic heterocycles. The van der Waals surface area contributed by atoms with E-state index in [4.69, 9.17) is 5.73 Å². The molecule has 0 aromatic carbocycles. The molecule has 0 spiro atoms. The van der Waals surface area contributed by atoms with Crippen molar-refractivity contribution in [2.45, 2.75) is 31.6 Å². The summed E-state index contributed by atoms with van der Waals surface area (Å²) in [7, 11) is 0. The molecular formula is C12H16F2N2. The molecule has 1 saturated carbocycles. The van der Waals surface area contributed by atoms with Crippen LogP contribution in [-0.4, -0.2) is 11.5 Å². The van der Waals surface area contributed by atoms with Gasteiger partial charge >= 0.3 is 0 Å². The summed E-state index contributed by atoms with van der Waals surface area (Å²) in [5, 5.41) is 0. The maximum Gasteiger partial charge on any atom is 0.280 e. The number of alkyl halides is 2. The van der Waals surface area contributed by atoms with E-state index in [1.807, 2.05) is 0 Å². The Morgan fingerprint density at radius 3 is 2.56 bits per heavy atom. The summed E-state index contributed by atoms with van der Waals surface area (Å²) in [6.07, 6.45) is 2.67. The van der Waals surface area contributed by atoms with E-state index in [0.29, 0.717) is 6.54 Å².